The zero-order valence-corrected chi connectivity index (χ0v) is 13.7. The summed E-state index contributed by atoms with van der Waals surface area (Å²) in [6.07, 6.45) is 1.54. The summed E-state index contributed by atoms with van der Waals surface area (Å²) in [6, 6.07) is 12.6. The Hall–Kier alpha value is -2.73. The third-order valence-electron chi connectivity index (χ3n) is 3.78. The second-order valence-electron chi connectivity index (χ2n) is 5.37. The van der Waals surface area contributed by atoms with Crippen LogP contribution in [-0.4, -0.2) is 33.0 Å². The van der Waals surface area contributed by atoms with Crippen molar-refractivity contribution in [3.05, 3.63) is 70.8 Å². The Kier molecular flexibility index (Phi) is 4.07. The van der Waals surface area contributed by atoms with E-state index in [1.54, 1.807) is 36.4 Å². The van der Waals surface area contributed by atoms with E-state index < -0.39 is 15.8 Å². The van der Waals surface area contributed by atoms with Crippen molar-refractivity contribution in [3.8, 4) is 0 Å². The molecule has 0 unspecified atom stereocenters. The summed E-state index contributed by atoms with van der Waals surface area (Å²) in [6.45, 7) is 0. The maximum absolute atomic E-state index is 12.5. The van der Waals surface area contributed by atoms with Crippen molar-refractivity contribution >= 4 is 27.7 Å². The number of hydrogen-bond donors (Lipinski definition) is 0. The van der Waals surface area contributed by atoms with E-state index in [0.717, 1.165) is 0 Å². The molecule has 0 radical (unpaired) electrons. The Morgan fingerprint density at radius 2 is 1.75 bits per heavy atom. The van der Waals surface area contributed by atoms with Crippen molar-refractivity contribution in [2.24, 2.45) is 0 Å². The molecule has 0 aliphatic carbocycles. The van der Waals surface area contributed by atoms with E-state index in [2.05, 4.69) is 4.74 Å². The summed E-state index contributed by atoms with van der Waals surface area (Å²) in [4.78, 5) is 24.0. The minimum Gasteiger partial charge on any atom is -0.465 e. The van der Waals surface area contributed by atoms with Crippen molar-refractivity contribution < 1.29 is 22.7 Å². The van der Waals surface area contributed by atoms with Gasteiger partial charge in [0.2, 0.25) is 0 Å². The smallest absolute Gasteiger partial charge is 0.337 e. The average molecular weight is 342 g/mol. The zero-order valence-electron chi connectivity index (χ0n) is 12.9. The number of ketones is 1. The van der Waals surface area contributed by atoms with Crippen LogP contribution in [0.3, 0.4) is 0 Å². The summed E-state index contributed by atoms with van der Waals surface area (Å²) < 4.78 is 29.3. The first-order chi connectivity index (χ1) is 11.4. The fraction of sp³-hybridized carbons (Fsp3) is 0.111. The summed E-state index contributed by atoms with van der Waals surface area (Å²) in [5.41, 5.74) is 1.42. The monoisotopic (exact) mass is 342 g/mol. The molecular formula is C18H14O5S. The number of Topliss-reactive ketones (excluding diaryl/α,β-unsaturated/α-hetero) is 1. The lowest BCUT2D eigenvalue weighted by atomic mass is 10.0. The maximum atomic E-state index is 12.5. The summed E-state index contributed by atoms with van der Waals surface area (Å²) in [7, 11) is -2.24. The van der Waals surface area contributed by atoms with Gasteiger partial charge >= 0.3 is 5.97 Å². The topological polar surface area (TPSA) is 77.5 Å². The first-order valence-corrected chi connectivity index (χ1v) is 8.83. The van der Waals surface area contributed by atoms with Gasteiger partial charge in [0.1, 0.15) is 0 Å². The van der Waals surface area contributed by atoms with Crippen LogP contribution in [0.1, 0.15) is 26.3 Å². The predicted octanol–water partition coefficient (Wildman–Crippen LogP) is 2.53. The fourth-order valence-corrected chi connectivity index (χ4v) is 4.15. The molecule has 1 aliphatic heterocycles. The molecule has 0 bridgehead atoms. The lowest BCUT2D eigenvalue weighted by molar-refractivity contribution is 0.0600. The van der Waals surface area contributed by atoms with Gasteiger partial charge in [-0.05, 0) is 35.9 Å². The number of fused-ring (bicyclic) bond motifs is 1. The molecule has 0 aromatic heterocycles. The van der Waals surface area contributed by atoms with Crippen LogP contribution in [0.2, 0.25) is 0 Å². The molecule has 5 nitrogen and oxygen atoms in total. The van der Waals surface area contributed by atoms with Crippen molar-refractivity contribution in [3.63, 3.8) is 0 Å². The van der Waals surface area contributed by atoms with Crippen LogP contribution in [0.25, 0.3) is 6.08 Å². The number of carbonyl (C=O) groups excluding carboxylic acids is 2. The van der Waals surface area contributed by atoms with Crippen LogP contribution in [0.5, 0.6) is 0 Å². The second kappa shape index (κ2) is 6.05. The van der Waals surface area contributed by atoms with Gasteiger partial charge in [0.05, 0.1) is 23.3 Å². The van der Waals surface area contributed by atoms with Gasteiger partial charge in [0, 0.05) is 11.1 Å². The van der Waals surface area contributed by atoms with E-state index in [4.69, 9.17) is 0 Å². The molecule has 2 aromatic carbocycles. The van der Waals surface area contributed by atoms with Crippen LogP contribution in [0.15, 0.2) is 59.0 Å². The van der Waals surface area contributed by atoms with Gasteiger partial charge in [0.15, 0.2) is 15.6 Å². The number of methoxy groups -OCH3 is 1. The van der Waals surface area contributed by atoms with E-state index in [0.29, 0.717) is 11.1 Å². The number of esters is 1. The first-order valence-electron chi connectivity index (χ1n) is 7.18. The molecule has 122 valence electrons. The van der Waals surface area contributed by atoms with Crippen LogP contribution < -0.4 is 0 Å². The van der Waals surface area contributed by atoms with E-state index >= 15 is 0 Å². The molecular weight excluding hydrogens is 328 g/mol. The Balaban J connectivity index is 2.00. The van der Waals surface area contributed by atoms with E-state index in [-0.39, 0.29) is 27.6 Å². The quantitative estimate of drug-likeness (QED) is 0.619. The second-order valence-corrected chi connectivity index (χ2v) is 7.33. The Labute approximate surface area is 139 Å². The highest BCUT2D eigenvalue weighted by Crippen LogP contribution is 2.28. The van der Waals surface area contributed by atoms with Gasteiger partial charge in [-0.3, -0.25) is 4.79 Å². The van der Waals surface area contributed by atoms with Gasteiger partial charge in [-0.25, -0.2) is 13.2 Å². The zero-order chi connectivity index (χ0) is 17.3. The van der Waals surface area contributed by atoms with E-state index in [1.807, 2.05) is 0 Å². The minimum atomic E-state index is -3.53. The van der Waals surface area contributed by atoms with E-state index in [9.17, 15) is 18.0 Å². The van der Waals surface area contributed by atoms with Crippen LogP contribution in [0.4, 0.5) is 0 Å². The standard InChI is InChI=1S/C18H14O5S/c1-23-18(20)13-8-6-12(7-9-13)10-14-11-24(21,22)16-5-3-2-4-15(16)17(14)19/h2-10H,11H2,1H3. The highest BCUT2D eigenvalue weighted by molar-refractivity contribution is 7.91. The molecule has 6 heteroatoms. The molecule has 0 atom stereocenters. The summed E-state index contributed by atoms with van der Waals surface area (Å²) >= 11 is 0. The molecule has 3 rings (SSSR count). The van der Waals surface area contributed by atoms with Gasteiger partial charge in [-0.15, -0.1) is 0 Å². The molecule has 24 heavy (non-hydrogen) atoms. The third-order valence-corrected chi connectivity index (χ3v) is 5.49. The van der Waals surface area contributed by atoms with Crippen molar-refractivity contribution in [1.82, 2.24) is 0 Å². The van der Waals surface area contributed by atoms with Gasteiger partial charge in [-0.1, -0.05) is 24.3 Å². The number of rotatable bonds is 2. The minimum absolute atomic E-state index is 0.0770. The molecule has 0 saturated heterocycles. The molecule has 0 amide bonds. The number of ether oxygens (including phenoxy) is 1. The lowest BCUT2D eigenvalue weighted by Crippen LogP contribution is -2.24. The Morgan fingerprint density at radius 1 is 1.08 bits per heavy atom. The van der Waals surface area contributed by atoms with Crippen LogP contribution >= 0.6 is 0 Å². The largest absolute Gasteiger partial charge is 0.465 e. The van der Waals surface area contributed by atoms with Gasteiger partial charge in [-0.2, -0.15) is 0 Å². The molecule has 0 N–H and O–H groups in total. The Bertz CT molecular complexity index is 953. The van der Waals surface area contributed by atoms with Crippen molar-refractivity contribution in [2.45, 2.75) is 4.90 Å². The van der Waals surface area contributed by atoms with E-state index in [1.165, 1.54) is 25.3 Å². The molecule has 0 saturated carbocycles. The number of carbonyl (C=O) groups is 2. The number of benzene rings is 2. The molecule has 0 fully saturated rings. The fourth-order valence-electron chi connectivity index (χ4n) is 2.59. The first kappa shape index (κ1) is 16.1. The SMILES string of the molecule is COC(=O)c1ccc(C=C2CS(=O)(=O)c3ccccc3C2=O)cc1. The van der Waals surface area contributed by atoms with Crippen molar-refractivity contribution in [1.29, 1.82) is 0 Å². The van der Waals surface area contributed by atoms with Crippen LogP contribution in [-0.2, 0) is 14.6 Å². The highest BCUT2D eigenvalue weighted by atomic mass is 32.2. The molecule has 1 heterocycles. The summed E-state index contributed by atoms with van der Waals surface area (Å²) in [5.74, 6) is -1.08. The predicted molar refractivity (Wildman–Crippen MR) is 88.6 cm³/mol. The van der Waals surface area contributed by atoms with Crippen molar-refractivity contribution in [2.75, 3.05) is 12.9 Å². The molecule has 1 aliphatic rings. The number of hydrogen-bond acceptors (Lipinski definition) is 5. The maximum Gasteiger partial charge on any atom is 0.337 e. The normalized spacial score (nSPS) is 17.4. The highest BCUT2D eigenvalue weighted by Gasteiger charge is 2.32. The lowest BCUT2D eigenvalue weighted by Gasteiger charge is -2.17. The van der Waals surface area contributed by atoms with Gasteiger partial charge in [0.25, 0.3) is 0 Å². The summed E-state index contributed by atoms with van der Waals surface area (Å²) in [5, 5.41) is 0. The molecule has 2 aromatic rings. The number of sulfone groups is 1. The van der Waals surface area contributed by atoms with Crippen LogP contribution in [0, 0.1) is 0 Å². The Morgan fingerprint density at radius 3 is 2.42 bits per heavy atom. The average Bonchev–Trinajstić information content (AvgIpc) is 2.59. The van der Waals surface area contributed by atoms with Gasteiger partial charge < -0.3 is 4.74 Å². The third kappa shape index (κ3) is 2.88. The molecule has 0 spiro atoms.